The van der Waals surface area contributed by atoms with E-state index >= 15 is 0 Å². The normalized spacial score (nSPS) is 17.5. The van der Waals surface area contributed by atoms with Gasteiger partial charge in [-0.05, 0) is 93.0 Å². The standard InChI is InChI=1S/C29H30N4OS/c1-18-11-10-14-24(20(18)3)32-19(2)17-22(21(32)4)28-27(23-12-8-9-16-30-23)31-29(35)33(28)25-13-6-7-15-26(25)34-5/h6-17,27-28H,1-5H3,(H,31,35)/t27-,28-/m0/s1. The summed E-state index contributed by atoms with van der Waals surface area (Å²) in [4.78, 5) is 6.88. The number of para-hydroxylation sites is 2. The van der Waals surface area contributed by atoms with Crippen molar-refractivity contribution in [3.8, 4) is 11.4 Å². The van der Waals surface area contributed by atoms with Gasteiger partial charge in [0.2, 0.25) is 0 Å². The highest BCUT2D eigenvalue weighted by atomic mass is 32.1. The van der Waals surface area contributed by atoms with E-state index in [1.54, 1.807) is 7.11 Å². The number of benzene rings is 2. The molecule has 0 unspecified atom stereocenters. The highest BCUT2D eigenvalue weighted by Gasteiger charge is 2.43. The minimum absolute atomic E-state index is 0.0984. The Morgan fingerprint density at radius 3 is 2.40 bits per heavy atom. The SMILES string of the molecule is COc1ccccc1N1C(=S)N[C@@H](c2ccccn2)[C@@H]1c1cc(C)n(-c2cccc(C)c2C)c1C. The van der Waals surface area contributed by atoms with E-state index in [1.165, 1.54) is 33.8 Å². The van der Waals surface area contributed by atoms with Gasteiger partial charge in [0, 0.05) is 23.3 Å². The first-order valence-electron chi connectivity index (χ1n) is 11.8. The number of hydrogen-bond acceptors (Lipinski definition) is 3. The number of nitrogens with zero attached hydrogens (tertiary/aromatic N) is 3. The molecular formula is C29H30N4OS. The molecular weight excluding hydrogens is 452 g/mol. The van der Waals surface area contributed by atoms with E-state index in [9.17, 15) is 0 Å². The summed E-state index contributed by atoms with van der Waals surface area (Å²) in [5.74, 6) is 0.784. The number of rotatable bonds is 5. The van der Waals surface area contributed by atoms with Crippen LogP contribution in [-0.4, -0.2) is 21.8 Å². The summed E-state index contributed by atoms with van der Waals surface area (Å²) in [7, 11) is 1.70. The summed E-state index contributed by atoms with van der Waals surface area (Å²) in [6.07, 6.45) is 1.84. The summed E-state index contributed by atoms with van der Waals surface area (Å²) < 4.78 is 8.09. The summed E-state index contributed by atoms with van der Waals surface area (Å²) in [6, 6.07) is 22.6. The van der Waals surface area contributed by atoms with Crippen molar-refractivity contribution in [2.24, 2.45) is 0 Å². The van der Waals surface area contributed by atoms with Crippen molar-refractivity contribution < 1.29 is 4.74 Å². The maximum atomic E-state index is 5.92. The largest absolute Gasteiger partial charge is 0.495 e. The molecule has 0 aliphatic carbocycles. The zero-order valence-electron chi connectivity index (χ0n) is 20.7. The molecule has 1 aliphatic rings. The van der Waals surface area contributed by atoms with Crippen LogP contribution in [0.1, 0.15) is 45.9 Å². The topological polar surface area (TPSA) is 42.3 Å². The average Bonchev–Trinajstić information content (AvgIpc) is 3.36. The summed E-state index contributed by atoms with van der Waals surface area (Å²) in [6.45, 7) is 8.71. The molecule has 3 heterocycles. The van der Waals surface area contributed by atoms with Gasteiger partial charge < -0.3 is 19.5 Å². The van der Waals surface area contributed by atoms with Crippen molar-refractivity contribution in [1.29, 1.82) is 0 Å². The van der Waals surface area contributed by atoms with Crippen LogP contribution in [0, 0.1) is 27.7 Å². The van der Waals surface area contributed by atoms with E-state index in [0.29, 0.717) is 5.11 Å². The summed E-state index contributed by atoms with van der Waals surface area (Å²) >= 11 is 5.92. The molecule has 2 aromatic heterocycles. The van der Waals surface area contributed by atoms with E-state index in [0.717, 1.165) is 17.1 Å². The Bertz CT molecular complexity index is 1400. The van der Waals surface area contributed by atoms with Gasteiger partial charge in [-0.3, -0.25) is 4.98 Å². The molecule has 0 radical (unpaired) electrons. The Kier molecular flexibility index (Phi) is 6.07. The Hall–Kier alpha value is -3.64. The zero-order valence-corrected chi connectivity index (χ0v) is 21.6. The number of aryl methyl sites for hydroxylation is 2. The van der Waals surface area contributed by atoms with Crippen LogP contribution in [0.3, 0.4) is 0 Å². The molecule has 5 rings (SSSR count). The van der Waals surface area contributed by atoms with Crippen molar-refractivity contribution in [1.82, 2.24) is 14.9 Å². The first-order chi connectivity index (χ1) is 16.9. The van der Waals surface area contributed by atoms with Crippen LogP contribution < -0.4 is 15.0 Å². The van der Waals surface area contributed by atoms with Crippen LogP contribution in [0.15, 0.2) is 72.9 Å². The van der Waals surface area contributed by atoms with Gasteiger partial charge in [-0.1, -0.05) is 30.3 Å². The molecule has 6 heteroatoms. The Balaban J connectivity index is 1.72. The number of methoxy groups -OCH3 is 1. The lowest BCUT2D eigenvalue weighted by Crippen LogP contribution is -2.30. The monoisotopic (exact) mass is 482 g/mol. The molecule has 1 N–H and O–H groups in total. The molecule has 1 saturated heterocycles. The molecule has 0 bridgehead atoms. The van der Waals surface area contributed by atoms with Gasteiger partial charge in [0.25, 0.3) is 0 Å². The fourth-order valence-corrected chi connectivity index (χ4v) is 5.53. The first-order valence-corrected chi connectivity index (χ1v) is 12.2. The molecule has 1 aliphatic heterocycles. The number of pyridine rings is 1. The van der Waals surface area contributed by atoms with Crippen molar-refractivity contribution in [2.75, 3.05) is 12.0 Å². The lowest BCUT2D eigenvalue weighted by molar-refractivity contribution is 0.414. The predicted molar refractivity (Wildman–Crippen MR) is 146 cm³/mol. The molecule has 4 aromatic rings. The quantitative estimate of drug-likeness (QED) is 0.339. The van der Waals surface area contributed by atoms with Crippen molar-refractivity contribution >= 4 is 23.0 Å². The van der Waals surface area contributed by atoms with E-state index in [-0.39, 0.29) is 12.1 Å². The number of aromatic nitrogens is 2. The van der Waals surface area contributed by atoms with Crippen LogP contribution in [0.25, 0.3) is 5.69 Å². The lowest BCUT2D eigenvalue weighted by Gasteiger charge is -2.29. The lowest BCUT2D eigenvalue weighted by atomic mass is 9.96. The maximum Gasteiger partial charge on any atom is 0.174 e. The highest BCUT2D eigenvalue weighted by molar-refractivity contribution is 7.80. The van der Waals surface area contributed by atoms with Crippen LogP contribution in [0.5, 0.6) is 5.75 Å². The van der Waals surface area contributed by atoms with Gasteiger partial charge in [-0.2, -0.15) is 0 Å². The maximum absolute atomic E-state index is 5.92. The van der Waals surface area contributed by atoms with E-state index in [2.05, 4.69) is 78.9 Å². The minimum Gasteiger partial charge on any atom is -0.495 e. The van der Waals surface area contributed by atoms with Crippen LogP contribution in [-0.2, 0) is 0 Å². The Morgan fingerprint density at radius 1 is 0.914 bits per heavy atom. The molecule has 0 saturated carbocycles. The number of hydrogen-bond donors (Lipinski definition) is 1. The van der Waals surface area contributed by atoms with Gasteiger partial charge in [0.15, 0.2) is 5.11 Å². The Morgan fingerprint density at radius 2 is 1.66 bits per heavy atom. The van der Waals surface area contributed by atoms with Crippen LogP contribution in [0.4, 0.5) is 5.69 Å². The number of nitrogens with one attached hydrogen (secondary N) is 1. The van der Waals surface area contributed by atoms with E-state index < -0.39 is 0 Å². The van der Waals surface area contributed by atoms with E-state index in [4.69, 9.17) is 21.9 Å². The van der Waals surface area contributed by atoms with Gasteiger partial charge >= 0.3 is 0 Å². The fourth-order valence-electron chi connectivity index (χ4n) is 5.19. The molecule has 1 fully saturated rings. The van der Waals surface area contributed by atoms with Gasteiger partial charge in [0.1, 0.15) is 5.75 Å². The molecule has 2 aromatic carbocycles. The molecule has 35 heavy (non-hydrogen) atoms. The molecule has 178 valence electrons. The van der Waals surface area contributed by atoms with E-state index in [1.807, 2.05) is 36.5 Å². The van der Waals surface area contributed by atoms with Crippen molar-refractivity contribution in [2.45, 2.75) is 39.8 Å². The predicted octanol–water partition coefficient (Wildman–Crippen LogP) is 6.29. The third-order valence-electron chi connectivity index (χ3n) is 7.05. The highest BCUT2D eigenvalue weighted by Crippen LogP contribution is 2.46. The first kappa shape index (κ1) is 23.1. The summed E-state index contributed by atoms with van der Waals surface area (Å²) in [5, 5.41) is 4.22. The van der Waals surface area contributed by atoms with Crippen LogP contribution in [0.2, 0.25) is 0 Å². The van der Waals surface area contributed by atoms with Gasteiger partial charge in [0.05, 0.1) is 30.6 Å². The second-order valence-corrected chi connectivity index (χ2v) is 9.44. The smallest absolute Gasteiger partial charge is 0.174 e. The van der Waals surface area contributed by atoms with Crippen LogP contribution >= 0.6 is 12.2 Å². The number of thiocarbonyl (C=S) groups is 1. The molecule has 0 amide bonds. The Labute approximate surface area is 212 Å². The van der Waals surface area contributed by atoms with Gasteiger partial charge in [-0.25, -0.2) is 0 Å². The molecule has 2 atom stereocenters. The van der Waals surface area contributed by atoms with Crippen molar-refractivity contribution in [3.63, 3.8) is 0 Å². The number of anilines is 1. The molecule has 0 spiro atoms. The van der Waals surface area contributed by atoms with Crippen molar-refractivity contribution in [3.05, 3.63) is 107 Å². The zero-order chi connectivity index (χ0) is 24.7. The minimum atomic E-state index is -0.110. The van der Waals surface area contributed by atoms with Gasteiger partial charge in [-0.15, -0.1) is 0 Å². The second-order valence-electron chi connectivity index (χ2n) is 9.05. The third kappa shape index (κ3) is 3.88. The summed E-state index contributed by atoms with van der Waals surface area (Å²) in [5.41, 5.74) is 9.24. The third-order valence-corrected chi connectivity index (χ3v) is 7.36. The molecule has 5 nitrogen and oxygen atoms in total. The number of ether oxygens (including phenoxy) is 1. The second kappa shape index (κ2) is 9.19. The fraction of sp³-hybridized carbons (Fsp3) is 0.241. The average molecular weight is 483 g/mol.